The summed E-state index contributed by atoms with van der Waals surface area (Å²) in [5.41, 5.74) is 1.56. The van der Waals surface area contributed by atoms with Crippen molar-refractivity contribution in [2.45, 2.75) is 0 Å². The number of aromatic amines is 1. The van der Waals surface area contributed by atoms with Crippen LogP contribution in [0.15, 0.2) is 53.6 Å². The van der Waals surface area contributed by atoms with Crippen molar-refractivity contribution in [3.8, 4) is 17.1 Å². The lowest BCUT2D eigenvalue weighted by Gasteiger charge is -2.37. The highest BCUT2D eigenvalue weighted by molar-refractivity contribution is 6.32. The van der Waals surface area contributed by atoms with Gasteiger partial charge in [0.15, 0.2) is 5.82 Å². The zero-order chi connectivity index (χ0) is 19.5. The zero-order valence-electron chi connectivity index (χ0n) is 15.4. The molecule has 1 aliphatic heterocycles. The lowest BCUT2D eigenvalue weighted by Crippen LogP contribution is -2.47. The summed E-state index contributed by atoms with van der Waals surface area (Å²) in [4.78, 5) is 28.0. The van der Waals surface area contributed by atoms with Gasteiger partial charge >= 0.3 is 0 Å². The summed E-state index contributed by atoms with van der Waals surface area (Å²) in [6, 6.07) is 11.6. The van der Waals surface area contributed by atoms with E-state index in [1.54, 1.807) is 31.6 Å². The molecule has 28 heavy (non-hydrogen) atoms. The number of methoxy groups -OCH3 is 1. The van der Waals surface area contributed by atoms with Gasteiger partial charge < -0.3 is 19.5 Å². The minimum Gasteiger partial charge on any atom is -0.497 e. The Balaban J connectivity index is 1.56. The fraction of sp³-hybridized carbons (Fsp3) is 0.250. The van der Waals surface area contributed by atoms with Crippen molar-refractivity contribution in [2.75, 3.05) is 43.1 Å². The third-order valence-corrected chi connectivity index (χ3v) is 5.14. The maximum atomic E-state index is 12.3. The molecule has 0 bridgehead atoms. The van der Waals surface area contributed by atoms with Gasteiger partial charge in [0.1, 0.15) is 16.6 Å². The van der Waals surface area contributed by atoms with Gasteiger partial charge in [0.2, 0.25) is 0 Å². The van der Waals surface area contributed by atoms with Crippen molar-refractivity contribution in [1.82, 2.24) is 15.0 Å². The van der Waals surface area contributed by atoms with Crippen LogP contribution in [0.25, 0.3) is 11.4 Å². The normalized spacial score (nSPS) is 14.2. The second-order valence-electron chi connectivity index (χ2n) is 6.46. The zero-order valence-corrected chi connectivity index (χ0v) is 16.2. The number of ether oxygens (including phenoxy) is 1. The number of hydrogen-bond acceptors (Lipinski definition) is 6. The number of piperazine rings is 1. The highest BCUT2D eigenvalue weighted by atomic mass is 35.5. The van der Waals surface area contributed by atoms with Crippen LogP contribution in [0.2, 0.25) is 5.02 Å². The van der Waals surface area contributed by atoms with Crippen molar-refractivity contribution in [1.29, 1.82) is 0 Å². The van der Waals surface area contributed by atoms with Crippen molar-refractivity contribution < 1.29 is 4.74 Å². The first-order chi connectivity index (χ1) is 13.7. The van der Waals surface area contributed by atoms with Crippen LogP contribution < -0.4 is 20.1 Å². The van der Waals surface area contributed by atoms with Crippen LogP contribution >= 0.6 is 11.6 Å². The Kier molecular flexibility index (Phi) is 5.16. The summed E-state index contributed by atoms with van der Waals surface area (Å²) in [5, 5.41) is 0.118. The molecular formula is C20H20ClN5O2. The largest absolute Gasteiger partial charge is 0.497 e. The molecule has 1 N–H and O–H groups in total. The van der Waals surface area contributed by atoms with Crippen LogP contribution in [0.4, 0.5) is 11.5 Å². The molecule has 0 radical (unpaired) electrons. The number of nitrogens with zero attached hydrogens (tertiary/aromatic N) is 4. The van der Waals surface area contributed by atoms with Crippen molar-refractivity contribution >= 4 is 23.1 Å². The average molecular weight is 398 g/mol. The Morgan fingerprint density at radius 3 is 2.50 bits per heavy atom. The molecule has 7 nitrogen and oxygen atoms in total. The summed E-state index contributed by atoms with van der Waals surface area (Å²) >= 11 is 6.29. The number of aromatic nitrogens is 3. The molecule has 0 saturated carbocycles. The molecule has 144 valence electrons. The van der Waals surface area contributed by atoms with E-state index in [0.717, 1.165) is 30.1 Å². The standard InChI is InChI=1S/C20H20ClN5O2/c1-28-16-4-2-3-15(13-16)25-9-11-26(12-10-25)19-17(21)20(27)24-18(23-19)14-5-7-22-8-6-14/h2-8,13H,9-12H2,1H3,(H,23,24,27). The Labute approximate surface area is 167 Å². The fourth-order valence-corrected chi connectivity index (χ4v) is 3.50. The summed E-state index contributed by atoms with van der Waals surface area (Å²) in [6.45, 7) is 3.01. The van der Waals surface area contributed by atoms with E-state index in [4.69, 9.17) is 16.3 Å². The topological polar surface area (TPSA) is 74.3 Å². The summed E-state index contributed by atoms with van der Waals surface area (Å²) < 4.78 is 5.31. The second kappa shape index (κ2) is 7.90. The van der Waals surface area contributed by atoms with Gasteiger partial charge in [-0.2, -0.15) is 0 Å². The van der Waals surface area contributed by atoms with E-state index in [1.807, 2.05) is 18.2 Å². The third kappa shape index (κ3) is 3.66. The molecule has 1 aliphatic rings. The highest BCUT2D eigenvalue weighted by Gasteiger charge is 2.22. The number of anilines is 2. The summed E-state index contributed by atoms with van der Waals surface area (Å²) in [5.74, 6) is 1.84. The number of halogens is 1. The lowest BCUT2D eigenvalue weighted by molar-refractivity contribution is 0.414. The predicted molar refractivity (Wildman–Crippen MR) is 111 cm³/mol. The van der Waals surface area contributed by atoms with Gasteiger partial charge in [-0.25, -0.2) is 4.98 Å². The van der Waals surface area contributed by atoms with Crippen molar-refractivity contribution in [3.63, 3.8) is 0 Å². The van der Waals surface area contributed by atoms with Gasteiger partial charge in [0.25, 0.3) is 5.56 Å². The van der Waals surface area contributed by atoms with E-state index in [-0.39, 0.29) is 10.6 Å². The van der Waals surface area contributed by atoms with Crippen LogP contribution in [0.5, 0.6) is 5.75 Å². The van der Waals surface area contributed by atoms with E-state index >= 15 is 0 Å². The molecule has 8 heteroatoms. The molecular weight excluding hydrogens is 378 g/mol. The van der Waals surface area contributed by atoms with Crippen LogP contribution in [-0.4, -0.2) is 48.2 Å². The average Bonchev–Trinajstić information content (AvgIpc) is 2.76. The quantitative estimate of drug-likeness (QED) is 0.729. The smallest absolute Gasteiger partial charge is 0.272 e. The molecule has 0 amide bonds. The first kappa shape index (κ1) is 18.3. The molecule has 1 saturated heterocycles. The van der Waals surface area contributed by atoms with E-state index in [1.165, 1.54) is 0 Å². The molecule has 3 aromatic rings. The Bertz CT molecular complexity index is 1020. The van der Waals surface area contributed by atoms with Gasteiger partial charge in [0, 0.05) is 55.9 Å². The molecule has 0 unspecified atom stereocenters. The SMILES string of the molecule is COc1cccc(N2CCN(c3nc(-c4ccncc4)[nH]c(=O)c3Cl)CC2)c1. The van der Waals surface area contributed by atoms with E-state index in [2.05, 4.69) is 30.8 Å². The van der Waals surface area contributed by atoms with Gasteiger partial charge in [-0.15, -0.1) is 0 Å². The Morgan fingerprint density at radius 2 is 1.79 bits per heavy atom. The fourth-order valence-electron chi connectivity index (χ4n) is 3.29. The molecule has 4 rings (SSSR count). The van der Waals surface area contributed by atoms with Crippen molar-refractivity contribution in [2.24, 2.45) is 0 Å². The maximum Gasteiger partial charge on any atom is 0.272 e. The van der Waals surface area contributed by atoms with Crippen LogP contribution in [-0.2, 0) is 0 Å². The van der Waals surface area contributed by atoms with Crippen molar-refractivity contribution in [3.05, 3.63) is 64.2 Å². The summed E-state index contributed by atoms with van der Waals surface area (Å²) in [6.07, 6.45) is 3.33. The van der Waals surface area contributed by atoms with Gasteiger partial charge in [-0.3, -0.25) is 9.78 Å². The first-order valence-corrected chi connectivity index (χ1v) is 9.37. The number of rotatable bonds is 4. The number of pyridine rings is 1. The van der Waals surface area contributed by atoms with Gasteiger partial charge in [0.05, 0.1) is 7.11 Å². The molecule has 0 aliphatic carbocycles. The van der Waals surface area contributed by atoms with E-state index in [0.29, 0.717) is 24.7 Å². The molecule has 1 aromatic carbocycles. The molecule has 1 fully saturated rings. The number of benzene rings is 1. The highest BCUT2D eigenvalue weighted by Crippen LogP contribution is 2.26. The number of hydrogen-bond donors (Lipinski definition) is 1. The molecule has 2 aromatic heterocycles. The Morgan fingerprint density at radius 1 is 1.07 bits per heavy atom. The maximum absolute atomic E-state index is 12.3. The number of nitrogens with one attached hydrogen (secondary N) is 1. The van der Waals surface area contributed by atoms with Crippen LogP contribution in [0.3, 0.4) is 0 Å². The number of H-pyrrole nitrogens is 1. The van der Waals surface area contributed by atoms with Gasteiger partial charge in [-0.1, -0.05) is 17.7 Å². The third-order valence-electron chi connectivity index (χ3n) is 4.80. The summed E-state index contributed by atoms with van der Waals surface area (Å²) in [7, 11) is 1.66. The van der Waals surface area contributed by atoms with Gasteiger partial charge in [-0.05, 0) is 24.3 Å². The molecule has 3 heterocycles. The van der Waals surface area contributed by atoms with E-state index in [9.17, 15) is 4.79 Å². The Hall–Kier alpha value is -3.06. The first-order valence-electron chi connectivity index (χ1n) is 9.00. The minimum absolute atomic E-state index is 0.118. The second-order valence-corrected chi connectivity index (χ2v) is 6.84. The minimum atomic E-state index is -0.339. The molecule has 0 spiro atoms. The monoisotopic (exact) mass is 397 g/mol. The van der Waals surface area contributed by atoms with Crippen LogP contribution in [0.1, 0.15) is 0 Å². The molecule has 0 atom stereocenters. The lowest BCUT2D eigenvalue weighted by atomic mass is 10.2. The van der Waals surface area contributed by atoms with E-state index < -0.39 is 0 Å². The predicted octanol–water partition coefficient (Wildman–Crippen LogP) is 2.82. The van der Waals surface area contributed by atoms with Crippen LogP contribution in [0, 0.1) is 0 Å².